The average Bonchev–Trinajstić information content (AvgIpc) is 3.27. The van der Waals surface area contributed by atoms with Gasteiger partial charge in [0, 0.05) is 30.7 Å². The van der Waals surface area contributed by atoms with Crippen LogP contribution in [-0.4, -0.2) is 54.4 Å². The Morgan fingerprint density at radius 3 is 2.43 bits per heavy atom. The minimum atomic E-state index is -0.316. The third kappa shape index (κ3) is 4.32. The summed E-state index contributed by atoms with van der Waals surface area (Å²) in [6.45, 7) is 6.49. The van der Waals surface area contributed by atoms with E-state index in [-0.39, 0.29) is 11.4 Å². The van der Waals surface area contributed by atoms with Crippen LogP contribution in [0, 0.1) is 5.92 Å². The number of anilines is 1. The molecule has 1 saturated heterocycles. The van der Waals surface area contributed by atoms with Crippen molar-refractivity contribution in [3.8, 4) is 22.6 Å². The summed E-state index contributed by atoms with van der Waals surface area (Å²) >= 11 is 0. The first-order valence-electron chi connectivity index (χ1n) is 12.4. The van der Waals surface area contributed by atoms with Crippen LogP contribution in [0.1, 0.15) is 44.0 Å². The molecule has 2 fully saturated rings. The predicted molar refractivity (Wildman–Crippen MR) is 132 cm³/mol. The number of nitrogen functional groups attached to an aromatic ring is 1. The lowest BCUT2D eigenvalue weighted by molar-refractivity contribution is 0.316. The monoisotopic (exact) mass is 470 g/mol. The predicted octanol–water partition coefficient (Wildman–Crippen LogP) is 3.78. The van der Waals surface area contributed by atoms with Gasteiger partial charge in [-0.05, 0) is 62.7 Å². The largest absolute Gasteiger partial charge is 0.368 e. The van der Waals surface area contributed by atoms with Crippen LogP contribution < -0.4 is 5.73 Å². The van der Waals surface area contributed by atoms with E-state index in [1.165, 1.54) is 31.5 Å². The van der Waals surface area contributed by atoms with Crippen molar-refractivity contribution in [1.82, 2.24) is 34.8 Å². The highest BCUT2D eigenvalue weighted by molar-refractivity contribution is 5.63. The van der Waals surface area contributed by atoms with E-state index < -0.39 is 0 Å². The SMILES string of the molecule is C[C@](c1ccc(-c2cnc(N)nc2)cc1)(c1noc(-c2cnn(CCN3CCCC3)c2)n1)C1CC1. The van der Waals surface area contributed by atoms with E-state index in [0.29, 0.717) is 11.8 Å². The molecule has 0 unspecified atom stereocenters. The molecule has 35 heavy (non-hydrogen) atoms. The van der Waals surface area contributed by atoms with Crippen molar-refractivity contribution < 1.29 is 4.52 Å². The van der Waals surface area contributed by atoms with Crippen LogP contribution in [0.2, 0.25) is 0 Å². The van der Waals surface area contributed by atoms with Crippen LogP contribution in [0.4, 0.5) is 5.95 Å². The standard InChI is InChI=1S/C26H30N8O/c1-26(22-8-9-22,21-6-4-18(5-7-21)19-14-28-25(27)29-15-19)24-31-23(35-32-24)20-16-30-34(17-20)13-12-33-10-2-3-11-33/h4-7,14-17,22H,2-3,8-13H2,1H3,(H2,27,28,29)/t26-/m1/s1. The lowest BCUT2D eigenvalue weighted by Gasteiger charge is -2.27. The van der Waals surface area contributed by atoms with Crippen molar-refractivity contribution >= 4 is 5.95 Å². The van der Waals surface area contributed by atoms with Crippen LogP contribution in [0.5, 0.6) is 0 Å². The molecular formula is C26H30N8O. The van der Waals surface area contributed by atoms with E-state index in [4.69, 9.17) is 15.2 Å². The van der Waals surface area contributed by atoms with Gasteiger partial charge in [-0.2, -0.15) is 10.1 Å². The second-order valence-corrected chi connectivity index (χ2v) is 9.85. The molecule has 4 heterocycles. The van der Waals surface area contributed by atoms with Crippen LogP contribution in [0.15, 0.2) is 53.6 Å². The molecule has 4 aromatic rings. The zero-order valence-electron chi connectivity index (χ0n) is 20.0. The number of benzene rings is 1. The lowest BCUT2D eigenvalue weighted by atomic mass is 9.77. The molecule has 0 spiro atoms. The summed E-state index contributed by atoms with van der Waals surface area (Å²) in [6.07, 6.45) is 12.2. The Hall–Kier alpha value is -3.59. The molecule has 0 radical (unpaired) electrons. The fourth-order valence-electron chi connectivity index (χ4n) is 5.10. The first-order chi connectivity index (χ1) is 17.1. The highest BCUT2D eigenvalue weighted by Crippen LogP contribution is 2.50. The number of hydrogen-bond acceptors (Lipinski definition) is 8. The Bertz CT molecular complexity index is 1290. The van der Waals surface area contributed by atoms with Crippen LogP contribution >= 0.6 is 0 Å². The highest BCUT2D eigenvalue weighted by atomic mass is 16.5. The fraction of sp³-hybridized carbons (Fsp3) is 0.423. The highest BCUT2D eigenvalue weighted by Gasteiger charge is 2.47. The smallest absolute Gasteiger partial charge is 0.261 e. The van der Waals surface area contributed by atoms with Gasteiger partial charge in [0.2, 0.25) is 5.95 Å². The van der Waals surface area contributed by atoms with E-state index in [1.54, 1.807) is 12.4 Å². The Morgan fingerprint density at radius 2 is 1.71 bits per heavy atom. The molecule has 1 atom stereocenters. The maximum atomic E-state index is 5.74. The number of likely N-dealkylation sites (tertiary alicyclic amines) is 1. The van der Waals surface area contributed by atoms with E-state index in [1.807, 2.05) is 17.1 Å². The average molecular weight is 471 g/mol. The molecule has 180 valence electrons. The summed E-state index contributed by atoms with van der Waals surface area (Å²) in [5, 5.41) is 8.96. The Balaban J connectivity index is 1.22. The minimum Gasteiger partial charge on any atom is -0.368 e. The van der Waals surface area contributed by atoms with E-state index in [2.05, 4.69) is 56.3 Å². The Kier molecular flexibility index (Phi) is 5.56. The molecule has 1 aromatic carbocycles. The molecule has 6 rings (SSSR count). The summed E-state index contributed by atoms with van der Waals surface area (Å²) in [5.74, 6) is 2.01. The van der Waals surface area contributed by atoms with Crippen LogP contribution in [0.3, 0.4) is 0 Å². The Labute approximate surface area is 204 Å². The number of nitrogens with two attached hydrogens (primary N) is 1. The molecule has 9 nitrogen and oxygen atoms in total. The van der Waals surface area contributed by atoms with Gasteiger partial charge in [0.25, 0.3) is 5.89 Å². The summed E-state index contributed by atoms with van der Waals surface area (Å²) < 4.78 is 7.71. The molecule has 2 N–H and O–H groups in total. The van der Waals surface area contributed by atoms with E-state index in [9.17, 15) is 0 Å². The number of nitrogens with zero attached hydrogens (tertiary/aromatic N) is 7. The third-order valence-corrected chi connectivity index (χ3v) is 7.50. The summed E-state index contributed by atoms with van der Waals surface area (Å²) in [4.78, 5) is 15.5. The minimum absolute atomic E-state index is 0.275. The van der Waals surface area contributed by atoms with Gasteiger partial charge >= 0.3 is 0 Å². The quantitative estimate of drug-likeness (QED) is 0.414. The van der Waals surface area contributed by atoms with Gasteiger partial charge in [0.1, 0.15) is 0 Å². The van der Waals surface area contributed by atoms with Crippen LogP contribution in [-0.2, 0) is 12.0 Å². The summed E-state index contributed by atoms with van der Waals surface area (Å²) in [7, 11) is 0. The number of rotatable bonds is 8. The normalized spacial score (nSPS) is 18.1. The topological polar surface area (TPSA) is 112 Å². The maximum absolute atomic E-state index is 5.74. The van der Waals surface area contributed by atoms with E-state index in [0.717, 1.165) is 48.4 Å². The van der Waals surface area contributed by atoms with Gasteiger partial charge in [0.05, 0.1) is 23.7 Å². The van der Waals surface area contributed by atoms with Gasteiger partial charge in [0.15, 0.2) is 5.82 Å². The van der Waals surface area contributed by atoms with Crippen molar-refractivity contribution in [2.24, 2.45) is 5.92 Å². The molecular weight excluding hydrogens is 440 g/mol. The van der Waals surface area contributed by atoms with Crippen molar-refractivity contribution in [3.05, 3.63) is 60.4 Å². The van der Waals surface area contributed by atoms with E-state index >= 15 is 0 Å². The number of hydrogen-bond donors (Lipinski definition) is 1. The van der Waals surface area contributed by atoms with Gasteiger partial charge < -0.3 is 15.2 Å². The van der Waals surface area contributed by atoms with Crippen molar-refractivity contribution in [2.75, 3.05) is 25.4 Å². The zero-order valence-corrected chi connectivity index (χ0v) is 20.0. The molecule has 2 aliphatic rings. The molecule has 3 aromatic heterocycles. The second-order valence-electron chi connectivity index (χ2n) is 9.85. The molecule has 9 heteroatoms. The lowest BCUT2D eigenvalue weighted by Crippen LogP contribution is -2.28. The van der Waals surface area contributed by atoms with Crippen LogP contribution in [0.25, 0.3) is 22.6 Å². The molecule has 0 bridgehead atoms. The first kappa shape index (κ1) is 21.9. The maximum Gasteiger partial charge on any atom is 0.261 e. The van der Waals surface area contributed by atoms with Crippen molar-refractivity contribution in [2.45, 2.75) is 44.6 Å². The zero-order chi connectivity index (χ0) is 23.8. The van der Waals surface area contributed by atoms with Crippen molar-refractivity contribution in [3.63, 3.8) is 0 Å². The summed E-state index contributed by atoms with van der Waals surface area (Å²) in [5.41, 5.74) is 9.32. The van der Waals surface area contributed by atoms with Crippen molar-refractivity contribution in [1.29, 1.82) is 0 Å². The molecule has 1 aliphatic carbocycles. The molecule has 1 saturated carbocycles. The van der Waals surface area contributed by atoms with Gasteiger partial charge in [-0.25, -0.2) is 9.97 Å². The number of aromatic nitrogens is 6. The summed E-state index contributed by atoms with van der Waals surface area (Å²) in [6, 6.07) is 8.49. The second kappa shape index (κ2) is 8.88. The fourth-order valence-corrected chi connectivity index (χ4v) is 5.10. The Morgan fingerprint density at radius 1 is 0.971 bits per heavy atom. The molecule has 0 amide bonds. The van der Waals surface area contributed by atoms with Gasteiger partial charge in [-0.3, -0.25) is 4.68 Å². The molecule has 1 aliphatic heterocycles. The third-order valence-electron chi connectivity index (χ3n) is 7.50. The van der Waals surface area contributed by atoms with Gasteiger partial charge in [-0.1, -0.05) is 29.4 Å². The first-order valence-corrected chi connectivity index (χ1v) is 12.4. The van der Waals surface area contributed by atoms with Gasteiger partial charge in [-0.15, -0.1) is 0 Å².